The summed E-state index contributed by atoms with van der Waals surface area (Å²) in [5.41, 5.74) is 0. The van der Waals surface area contributed by atoms with Crippen LogP contribution in [0.1, 0.15) is 26.7 Å². The first kappa shape index (κ1) is 13.2. The predicted octanol–water partition coefficient (Wildman–Crippen LogP) is 2.50. The summed E-state index contributed by atoms with van der Waals surface area (Å²) in [6.45, 7) is 5.06. The number of rotatable bonds is 6. The molecule has 0 aromatic heterocycles. The molecule has 0 heterocycles. The van der Waals surface area contributed by atoms with Gasteiger partial charge in [-0.1, -0.05) is 38.5 Å². The van der Waals surface area contributed by atoms with Crippen molar-refractivity contribution in [2.75, 3.05) is 13.1 Å². The Balaban J connectivity index is 2.91. The molecule has 0 saturated carbocycles. The van der Waals surface area contributed by atoms with Gasteiger partial charge in [0.05, 0.1) is 4.90 Å². The van der Waals surface area contributed by atoms with Gasteiger partial charge in [-0.05, 0) is 18.6 Å². The normalized spacial score (nSPS) is 11.9. The van der Waals surface area contributed by atoms with Crippen LogP contribution >= 0.6 is 0 Å². The molecule has 0 aliphatic rings. The topological polar surface area (TPSA) is 37.4 Å². The molecule has 0 aliphatic heterocycles. The van der Waals surface area contributed by atoms with Gasteiger partial charge in [0.2, 0.25) is 10.0 Å². The van der Waals surface area contributed by atoms with Crippen molar-refractivity contribution in [3.05, 3.63) is 30.3 Å². The molecule has 0 bridgehead atoms. The molecule has 0 saturated heterocycles. The zero-order valence-electron chi connectivity index (χ0n) is 9.89. The zero-order valence-corrected chi connectivity index (χ0v) is 10.7. The Kier molecular flexibility index (Phi) is 4.96. The van der Waals surface area contributed by atoms with E-state index < -0.39 is 10.0 Å². The molecule has 3 nitrogen and oxygen atoms in total. The van der Waals surface area contributed by atoms with Crippen LogP contribution in [0, 0.1) is 0 Å². The molecular formula is C12H19NO2S. The third-order valence-corrected chi connectivity index (χ3v) is 4.48. The highest BCUT2D eigenvalue weighted by Gasteiger charge is 2.21. The second-order valence-corrected chi connectivity index (χ2v) is 5.60. The number of nitrogens with zero attached hydrogens (tertiary/aromatic N) is 1. The summed E-state index contributed by atoms with van der Waals surface area (Å²) in [7, 11) is -3.29. The zero-order chi connectivity index (χ0) is 12.0. The Hall–Kier alpha value is -0.870. The first-order chi connectivity index (χ1) is 7.62. The third kappa shape index (κ3) is 3.06. The van der Waals surface area contributed by atoms with Crippen molar-refractivity contribution in [2.45, 2.75) is 31.6 Å². The molecule has 0 aliphatic carbocycles. The van der Waals surface area contributed by atoms with Gasteiger partial charge in [0.1, 0.15) is 0 Å². The predicted molar refractivity (Wildman–Crippen MR) is 65.8 cm³/mol. The molecular weight excluding hydrogens is 222 g/mol. The molecule has 0 unspecified atom stereocenters. The third-order valence-electron chi connectivity index (χ3n) is 2.49. The van der Waals surface area contributed by atoms with Crippen LogP contribution in [0.2, 0.25) is 0 Å². The highest BCUT2D eigenvalue weighted by Crippen LogP contribution is 2.15. The van der Waals surface area contributed by atoms with Gasteiger partial charge in [-0.15, -0.1) is 0 Å². The molecule has 0 radical (unpaired) electrons. The van der Waals surface area contributed by atoms with Crippen LogP contribution in [0.15, 0.2) is 35.2 Å². The first-order valence-electron chi connectivity index (χ1n) is 5.68. The Labute approximate surface area is 98.1 Å². The van der Waals surface area contributed by atoms with Crippen molar-refractivity contribution < 1.29 is 8.42 Å². The summed E-state index contributed by atoms with van der Waals surface area (Å²) in [5, 5.41) is 0. The largest absolute Gasteiger partial charge is 0.243 e. The fourth-order valence-corrected chi connectivity index (χ4v) is 3.03. The summed E-state index contributed by atoms with van der Waals surface area (Å²) in [6.07, 6.45) is 1.90. The SMILES string of the molecule is CCCCN(CC)S(=O)(=O)c1ccccc1. The lowest BCUT2D eigenvalue weighted by atomic mass is 10.3. The van der Waals surface area contributed by atoms with E-state index in [9.17, 15) is 8.42 Å². The van der Waals surface area contributed by atoms with Crippen molar-refractivity contribution >= 4 is 10.0 Å². The molecule has 4 heteroatoms. The van der Waals surface area contributed by atoms with Crippen LogP contribution in [0.3, 0.4) is 0 Å². The molecule has 16 heavy (non-hydrogen) atoms. The van der Waals surface area contributed by atoms with Crippen LogP contribution in [-0.2, 0) is 10.0 Å². The van der Waals surface area contributed by atoms with E-state index in [1.165, 1.54) is 4.31 Å². The van der Waals surface area contributed by atoms with Crippen molar-refractivity contribution in [3.8, 4) is 0 Å². The minimum atomic E-state index is -3.29. The molecule has 0 atom stereocenters. The van der Waals surface area contributed by atoms with Crippen LogP contribution in [0.25, 0.3) is 0 Å². The van der Waals surface area contributed by atoms with Crippen molar-refractivity contribution in [2.24, 2.45) is 0 Å². The van der Waals surface area contributed by atoms with Gasteiger partial charge < -0.3 is 0 Å². The minimum Gasteiger partial charge on any atom is -0.207 e. The quantitative estimate of drug-likeness (QED) is 0.767. The van der Waals surface area contributed by atoms with E-state index in [1.807, 2.05) is 13.0 Å². The van der Waals surface area contributed by atoms with Crippen LogP contribution < -0.4 is 0 Å². The molecule has 1 aromatic rings. The summed E-state index contributed by atoms with van der Waals surface area (Å²) >= 11 is 0. The number of sulfonamides is 1. The molecule has 0 N–H and O–H groups in total. The second-order valence-electron chi connectivity index (χ2n) is 3.66. The molecule has 0 fully saturated rings. The highest BCUT2D eigenvalue weighted by atomic mass is 32.2. The monoisotopic (exact) mass is 241 g/mol. The maximum Gasteiger partial charge on any atom is 0.243 e. The first-order valence-corrected chi connectivity index (χ1v) is 7.12. The van der Waals surface area contributed by atoms with E-state index in [-0.39, 0.29) is 0 Å². The van der Waals surface area contributed by atoms with Crippen LogP contribution in [0.4, 0.5) is 0 Å². The van der Waals surface area contributed by atoms with Gasteiger partial charge in [0.15, 0.2) is 0 Å². The Morgan fingerprint density at radius 3 is 2.25 bits per heavy atom. The van der Waals surface area contributed by atoms with Gasteiger partial charge in [-0.25, -0.2) is 8.42 Å². The minimum absolute atomic E-state index is 0.382. The molecule has 0 amide bonds. The number of unbranched alkanes of at least 4 members (excludes halogenated alkanes) is 1. The van der Waals surface area contributed by atoms with E-state index in [2.05, 4.69) is 6.92 Å². The Morgan fingerprint density at radius 2 is 1.75 bits per heavy atom. The second kappa shape index (κ2) is 6.01. The van der Waals surface area contributed by atoms with E-state index in [0.29, 0.717) is 18.0 Å². The Morgan fingerprint density at radius 1 is 1.12 bits per heavy atom. The van der Waals surface area contributed by atoms with Gasteiger partial charge >= 0.3 is 0 Å². The van der Waals surface area contributed by atoms with Crippen molar-refractivity contribution in [1.82, 2.24) is 4.31 Å². The van der Waals surface area contributed by atoms with E-state index >= 15 is 0 Å². The highest BCUT2D eigenvalue weighted by molar-refractivity contribution is 7.89. The molecule has 90 valence electrons. The standard InChI is InChI=1S/C12H19NO2S/c1-3-5-11-13(4-2)16(14,15)12-9-7-6-8-10-12/h6-10H,3-5,11H2,1-2H3. The van der Waals surface area contributed by atoms with Gasteiger partial charge in [0.25, 0.3) is 0 Å². The lowest BCUT2D eigenvalue weighted by Crippen LogP contribution is -2.31. The molecule has 0 spiro atoms. The lowest BCUT2D eigenvalue weighted by Gasteiger charge is -2.20. The lowest BCUT2D eigenvalue weighted by molar-refractivity contribution is 0.419. The van der Waals surface area contributed by atoms with Gasteiger partial charge in [-0.3, -0.25) is 0 Å². The maximum atomic E-state index is 12.2. The average molecular weight is 241 g/mol. The number of hydrogen-bond acceptors (Lipinski definition) is 2. The van der Waals surface area contributed by atoms with E-state index in [4.69, 9.17) is 0 Å². The summed E-state index contributed by atoms with van der Waals surface area (Å²) in [6, 6.07) is 8.61. The molecule has 1 aromatic carbocycles. The van der Waals surface area contributed by atoms with Crippen LogP contribution in [0.5, 0.6) is 0 Å². The molecule has 1 rings (SSSR count). The van der Waals surface area contributed by atoms with Gasteiger partial charge in [-0.2, -0.15) is 4.31 Å². The Bertz CT molecular complexity index is 400. The maximum absolute atomic E-state index is 12.2. The average Bonchev–Trinajstić information content (AvgIpc) is 2.31. The van der Waals surface area contributed by atoms with E-state index in [1.54, 1.807) is 24.3 Å². The fourth-order valence-electron chi connectivity index (χ4n) is 1.52. The summed E-state index contributed by atoms with van der Waals surface area (Å²) in [4.78, 5) is 0.382. The van der Waals surface area contributed by atoms with E-state index in [0.717, 1.165) is 12.8 Å². The van der Waals surface area contributed by atoms with Crippen molar-refractivity contribution in [3.63, 3.8) is 0 Å². The fraction of sp³-hybridized carbons (Fsp3) is 0.500. The van der Waals surface area contributed by atoms with Crippen LogP contribution in [-0.4, -0.2) is 25.8 Å². The smallest absolute Gasteiger partial charge is 0.207 e. The number of hydrogen-bond donors (Lipinski definition) is 0. The summed E-state index contributed by atoms with van der Waals surface area (Å²) in [5.74, 6) is 0. The summed E-state index contributed by atoms with van der Waals surface area (Å²) < 4.78 is 25.9. The van der Waals surface area contributed by atoms with Crippen molar-refractivity contribution in [1.29, 1.82) is 0 Å². The number of benzene rings is 1. The van der Waals surface area contributed by atoms with Gasteiger partial charge in [0, 0.05) is 13.1 Å².